The molecule has 8 heteroatoms. The second-order valence-electron chi connectivity index (χ2n) is 7.33. The molecule has 1 aromatic heterocycles. The molecule has 0 amide bonds. The van der Waals surface area contributed by atoms with Crippen LogP contribution in [-0.4, -0.2) is 23.6 Å². The number of allylic oxidation sites excluding steroid dienone is 1. The summed E-state index contributed by atoms with van der Waals surface area (Å²) in [4.78, 5) is 43.0. The van der Waals surface area contributed by atoms with Crippen LogP contribution in [0, 0.1) is 0 Å². The molecule has 33 heavy (non-hydrogen) atoms. The smallest absolute Gasteiger partial charge is 0.338 e. The van der Waals surface area contributed by atoms with E-state index in [0.29, 0.717) is 38.3 Å². The van der Waals surface area contributed by atoms with Crippen LogP contribution >= 0.6 is 11.3 Å². The molecular weight excluding hydrogens is 440 g/mol. The van der Waals surface area contributed by atoms with Crippen molar-refractivity contribution in [2.75, 3.05) is 7.11 Å². The lowest BCUT2D eigenvalue weighted by Crippen LogP contribution is -2.40. The van der Waals surface area contributed by atoms with Gasteiger partial charge >= 0.3 is 11.9 Å². The fourth-order valence-corrected chi connectivity index (χ4v) is 4.81. The third kappa shape index (κ3) is 4.29. The van der Waals surface area contributed by atoms with Gasteiger partial charge in [-0.05, 0) is 24.1 Å². The molecule has 2 aromatic carbocycles. The first-order chi connectivity index (χ1) is 15.9. The maximum Gasteiger partial charge on any atom is 0.338 e. The first-order valence-corrected chi connectivity index (χ1v) is 11.2. The second kappa shape index (κ2) is 9.38. The van der Waals surface area contributed by atoms with Crippen LogP contribution in [-0.2, 0) is 14.3 Å². The summed E-state index contributed by atoms with van der Waals surface area (Å²) in [5.74, 6) is -0.601. The Labute approximate surface area is 193 Å². The van der Waals surface area contributed by atoms with Crippen LogP contribution in [0.15, 0.2) is 75.7 Å². The quantitative estimate of drug-likeness (QED) is 0.430. The van der Waals surface area contributed by atoms with Crippen molar-refractivity contribution in [3.05, 3.63) is 96.7 Å². The summed E-state index contributed by atoms with van der Waals surface area (Å²) in [5, 5.41) is 0. The van der Waals surface area contributed by atoms with Gasteiger partial charge in [0, 0.05) is 12.5 Å². The van der Waals surface area contributed by atoms with Crippen molar-refractivity contribution in [2.45, 2.75) is 26.3 Å². The number of carbonyl (C=O) groups excluding carboxylic acids is 2. The molecule has 0 fully saturated rings. The minimum absolute atomic E-state index is 0.290. The SMILES string of the molecule is CCC1=C(C(=O)OC)[C@H](c2ccccc2)n2c(s/c(=C/c3ccccc3OC(C)=O)c2=O)=N1. The maximum absolute atomic E-state index is 13.6. The normalized spacial score (nSPS) is 15.6. The van der Waals surface area contributed by atoms with E-state index in [4.69, 9.17) is 9.47 Å². The van der Waals surface area contributed by atoms with E-state index in [0.717, 1.165) is 5.56 Å². The largest absolute Gasteiger partial charge is 0.466 e. The number of methoxy groups -OCH3 is 1. The lowest BCUT2D eigenvalue weighted by atomic mass is 9.95. The van der Waals surface area contributed by atoms with E-state index < -0.39 is 18.0 Å². The molecule has 7 nitrogen and oxygen atoms in total. The Morgan fingerprint density at radius 3 is 2.48 bits per heavy atom. The van der Waals surface area contributed by atoms with Gasteiger partial charge < -0.3 is 9.47 Å². The number of fused-ring (bicyclic) bond motifs is 1. The van der Waals surface area contributed by atoms with Crippen LogP contribution in [0.3, 0.4) is 0 Å². The van der Waals surface area contributed by atoms with Gasteiger partial charge in [0.15, 0.2) is 4.80 Å². The molecule has 0 spiro atoms. The lowest BCUT2D eigenvalue weighted by molar-refractivity contribution is -0.136. The Balaban J connectivity index is 1.98. The number of hydrogen-bond acceptors (Lipinski definition) is 7. The standard InChI is InChI=1S/C25H22N2O5S/c1-4-18-21(24(30)31-3)22(16-10-6-5-7-11-16)27-23(29)20(33-25(27)26-18)14-17-12-8-9-13-19(17)32-15(2)28/h5-14,22H,4H2,1-3H3/b20-14+/t22-/m0/s1. The van der Waals surface area contributed by atoms with Gasteiger partial charge in [0.1, 0.15) is 5.75 Å². The van der Waals surface area contributed by atoms with Gasteiger partial charge in [-0.2, -0.15) is 0 Å². The van der Waals surface area contributed by atoms with E-state index in [9.17, 15) is 14.4 Å². The molecule has 0 aliphatic carbocycles. The molecule has 1 aliphatic rings. The highest BCUT2D eigenvalue weighted by atomic mass is 32.1. The van der Waals surface area contributed by atoms with Crippen LogP contribution < -0.4 is 19.6 Å². The molecular formula is C25H22N2O5S. The number of benzene rings is 2. The van der Waals surface area contributed by atoms with Crippen LogP contribution in [0.25, 0.3) is 6.08 Å². The molecule has 2 heterocycles. The number of thiazole rings is 1. The highest BCUT2D eigenvalue weighted by Crippen LogP contribution is 2.31. The predicted octanol–water partition coefficient (Wildman–Crippen LogP) is 2.72. The topological polar surface area (TPSA) is 87.0 Å². The second-order valence-corrected chi connectivity index (χ2v) is 8.34. The van der Waals surface area contributed by atoms with Crippen molar-refractivity contribution in [2.24, 2.45) is 4.99 Å². The average molecular weight is 463 g/mol. The minimum atomic E-state index is -0.657. The number of aromatic nitrogens is 1. The van der Waals surface area contributed by atoms with Crippen molar-refractivity contribution >= 4 is 29.4 Å². The van der Waals surface area contributed by atoms with E-state index >= 15 is 0 Å². The molecule has 3 aromatic rings. The summed E-state index contributed by atoms with van der Waals surface area (Å²) < 4.78 is 12.3. The van der Waals surface area contributed by atoms with E-state index in [1.807, 2.05) is 37.3 Å². The molecule has 0 bridgehead atoms. The Morgan fingerprint density at radius 2 is 1.82 bits per heavy atom. The summed E-state index contributed by atoms with van der Waals surface area (Å²) in [5.41, 5.74) is 2.03. The first-order valence-electron chi connectivity index (χ1n) is 10.4. The molecule has 4 rings (SSSR count). The molecule has 168 valence electrons. The van der Waals surface area contributed by atoms with Crippen LogP contribution in [0.5, 0.6) is 5.75 Å². The van der Waals surface area contributed by atoms with E-state index in [-0.39, 0.29) is 5.56 Å². The average Bonchev–Trinajstić information content (AvgIpc) is 3.13. The molecule has 0 saturated heterocycles. The fraction of sp³-hybridized carbons (Fsp3) is 0.200. The van der Waals surface area contributed by atoms with E-state index in [1.165, 1.54) is 29.9 Å². The van der Waals surface area contributed by atoms with Crippen molar-refractivity contribution in [3.63, 3.8) is 0 Å². The van der Waals surface area contributed by atoms with Gasteiger partial charge in [0.05, 0.1) is 29.0 Å². The van der Waals surface area contributed by atoms with Gasteiger partial charge in [0.25, 0.3) is 5.56 Å². The first kappa shape index (κ1) is 22.4. The molecule has 0 unspecified atom stereocenters. The number of hydrogen-bond donors (Lipinski definition) is 0. The summed E-state index contributed by atoms with van der Waals surface area (Å²) in [7, 11) is 1.32. The number of para-hydroxylation sites is 1. The van der Waals surface area contributed by atoms with Gasteiger partial charge in [-0.3, -0.25) is 14.2 Å². The lowest BCUT2D eigenvalue weighted by Gasteiger charge is -2.25. The fourth-order valence-electron chi connectivity index (χ4n) is 3.80. The number of rotatable bonds is 5. The zero-order chi connectivity index (χ0) is 23.5. The van der Waals surface area contributed by atoms with Gasteiger partial charge in [-0.15, -0.1) is 0 Å². The minimum Gasteiger partial charge on any atom is -0.466 e. The van der Waals surface area contributed by atoms with Crippen molar-refractivity contribution in [1.29, 1.82) is 0 Å². The molecule has 0 saturated carbocycles. The highest BCUT2D eigenvalue weighted by Gasteiger charge is 2.33. The maximum atomic E-state index is 13.6. The van der Waals surface area contributed by atoms with Gasteiger partial charge in [0.2, 0.25) is 0 Å². The van der Waals surface area contributed by atoms with Crippen LogP contribution in [0.4, 0.5) is 0 Å². The summed E-state index contributed by atoms with van der Waals surface area (Å²) in [6, 6.07) is 15.7. The van der Waals surface area contributed by atoms with Crippen molar-refractivity contribution < 1.29 is 19.1 Å². The Kier molecular flexibility index (Phi) is 6.37. The summed E-state index contributed by atoms with van der Waals surface area (Å²) >= 11 is 1.22. The summed E-state index contributed by atoms with van der Waals surface area (Å²) in [6.45, 7) is 3.23. The number of carbonyl (C=O) groups is 2. The Morgan fingerprint density at radius 1 is 1.12 bits per heavy atom. The highest BCUT2D eigenvalue weighted by molar-refractivity contribution is 7.07. The molecule has 0 N–H and O–H groups in total. The van der Waals surface area contributed by atoms with Gasteiger partial charge in [-0.1, -0.05) is 66.8 Å². The van der Waals surface area contributed by atoms with Crippen molar-refractivity contribution in [1.82, 2.24) is 4.57 Å². The van der Waals surface area contributed by atoms with Gasteiger partial charge in [-0.25, -0.2) is 9.79 Å². The van der Waals surface area contributed by atoms with E-state index in [2.05, 4.69) is 4.99 Å². The van der Waals surface area contributed by atoms with Crippen LogP contribution in [0.2, 0.25) is 0 Å². The Hall–Kier alpha value is -3.78. The third-order valence-corrected chi connectivity index (χ3v) is 6.21. The molecule has 1 atom stereocenters. The zero-order valence-electron chi connectivity index (χ0n) is 18.4. The monoisotopic (exact) mass is 462 g/mol. The third-order valence-electron chi connectivity index (χ3n) is 5.22. The molecule has 1 aliphatic heterocycles. The summed E-state index contributed by atoms with van der Waals surface area (Å²) in [6.07, 6.45) is 2.19. The number of ether oxygens (including phenoxy) is 2. The predicted molar refractivity (Wildman–Crippen MR) is 125 cm³/mol. The van der Waals surface area contributed by atoms with Crippen LogP contribution in [0.1, 0.15) is 37.4 Å². The van der Waals surface area contributed by atoms with E-state index in [1.54, 1.807) is 30.3 Å². The number of nitrogens with zero attached hydrogens (tertiary/aromatic N) is 2. The Bertz CT molecular complexity index is 1430. The number of esters is 2. The zero-order valence-corrected chi connectivity index (χ0v) is 19.2. The van der Waals surface area contributed by atoms with Crippen molar-refractivity contribution in [3.8, 4) is 5.75 Å². The molecule has 0 radical (unpaired) electrons.